The Hall–Kier alpha value is -0.930. The first-order chi connectivity index (χ1) is 10.1. The molecule has 2 rings (SSSR count). The minimum Gasteiger partial charge on any atom is -0.310 e. The Morgan fingerprint density at radius 2 is 2.14 bits per heavy atom. The van der Waals surface area contributed by atoms with Gasteiger partial charge in [-0.05, 0) is 69.4 Å². The summed E-state index contributed by atoms with van der Waals surface area (Å²) in [5, 5.41) is 3.49. The number of aryl methyl sites for hydroxylation is 1. The van der Waals surface area contributed by atoms with E-state index in [9.17, 15) is 4.39 Å². The van der Waals surface area contributed by atoms with Crippen molar-refractivity contribution < 1.29 is 4.39 Å². The Morgan fingerprint density at radius 1 is 1.38 bits per heavy atom. The zero-order valence-corrected chi connectivity index (χ0v) is 13.7. The molecular weight excluding hydrogens is 263 g/mol. The van der Waals surface area contributed by atoms with Crippen LogP contribution < -0.4 is 5.32 Å². The van der Waals surface area contributed by atoms with Gasteiger partial charge in [-0.1, -0.05) is 25.5 Å². The summed E-state index contributed by atoms with van der Waals surface area (Å²) in [6, 6.07) is 5.87. The molecule has 0 aliphatic heterocycles. The molecule has 1 fully saturated rings. The molecule has 1 aromatic rings. The topological polar surface area (TPSA) is 15.3 Å². The van der Waals surface area contributed by atoms with Crippen molar-refractivity contribution in [1.82, 2.24) is 10.2 Å². The van der Waals surface area contributed by atoms with E-state index in [4.69, 9.17) is 0 Å². The highest BCUT2D eigenvalue weighted by molar-refractivity contribution is 5.25. The van der Waals surface area contributed by atoms with E-state index in [1.54, 1.807) is 6.07 Å². The van der Waals surface area contributed by atoms with Gasteiger partial charge in [0.25, 0.3) is 0 Å². The first-order valence-electron chi connectivity index (χ1n) is 8.28. The molecule has 1 atom stereocenters. The number of hydrogen-bond donors (Lipinski definition) is 1. The van der Waals surface area contributed by atoms with Crippen molar-refractivity contribution in [2.24, 2.45) is 5.92 Å². The maximum absolute atomic E-state index is 13.8. The summed E-state index contributed by atoms with van der Waals surface area (Å²) in [6.07, 6.45) is 5.22. The highest BCUT2D eigenvalue weighted by atomic mass is 19.1. The molecule has 1 saturated carbocycles. The predicted molar refractivity (Wildman–Crippen MR) is 87.0 cm³/mol. The largest absolute Gasteiger partial charge is 0.310 e. The molecule has 3 heteroatoms. The van der Waals surface area contributed by atoms with Gasteiger partial charge >= 0.3 is 0 Å². The summed E-state index contributed by atoms with van der Waals surface area (Å²) < 4.78 is 13.8. The van der Waals surface area contributed by atoms with E-state index in [1.807, 2.05) is 13.0 Å². The lowest BCUT2D eigenvalue weighted by atomic mass is 9.85. The summed E-state index contributed by atoms with van der Waals surface area (Å²) in [6.45, 7) is 7.10. The summed E-state index contributed by atoms with van der Waals surface area (Å²) in [4.78, 5) is 2.43. The van der Waals surface area contributed by atoms with Gasteiger partial charge in [-0.25, -0.2) is 4.39 Å². The summed E-state index contributed by atoms with van der Waals surface area (Å²) >= 11 is 0. The molecule has 21 heavy (non-hydrogen) atoms. The molecule has 1 aliphatic rings. The van der Waals surface area contributed by atoms with Crippen LogP contribution in [0.15, 0.2) is 18.2 Å². The standard InChI is InChI=1S/C18H29FN2/c1-4-20-18(16-9-8-14(2)17(19)12-16)10-11-21(3)13-15-6-5-7-15/h8-9,12,15,18,20H,4-7,10-11,13H2,1-3H3. The van der Waals surface area contributed by atoms with Gasteiger partial charge in [-0.3, -0.25) is 0 Å². The number of halogens is 1. The van der Waals surface area contributed by atoms with E-state index in [0.717, 1.165) is 36.6 Å². The van der Waals surface area contributed by atoms with Crippen LogP contribution in [0, 0.1) is 18.7 Å². The third kappa shape index (κ3) is 4.79. The minimum absolute atomic E-state index is 0.0989. The fourth-order valence-electron chi connectivity index (χ4n) is 3.02. The average molecular weight is 292 g/mol. The molecule has 0 amide bonds. The monoisotopic (exact) mass is 292 g/mol. The Kier molecular flexibility index (Phi) is 6.19. The van der Waals surface area contributed by atoms with E-state index in [1.165, 1.54) is 25.8 Å². The van der Waals surface area contributed by atoms with Crippen LogP contribution in [0.4, 0.5) is 4.39 Å². The van der Waals surface area contributed by atoms with Gasteiger partial charge in [0.05, 0.1) is 0 Å². The smallest absolute Gasteiger partial charge is 0.126 e. The zero-order chi connectivity index (χ0) is 15.2. The van der Waals surface area contributed by atoms with Gasteiger partial charge in [0.2, 0.25) is 0 Å². The molecule has 0 heterocycles. The fourth-order valence-corrected chi connectivity index (χ4v) is 3.02. The van der Waals surface area contributed by atoms with Gasteiger partial charge in [-0.15, -0.1) is 0 Å². The second-order valence-corrected chi connectivity index (χ2v) is 6.47. The van der Waals surface area contributed by atoms with Crippen LogP contribution in [0.2, 0.25) is 0 Å². The van der Waals surface area contributed by atoms with E-state index >= 15 is 0 Å². The summed E-state index contributed by atoms with van der Waals surface area (Å²) in [5.74, 6) is 0.808. The highest BCUT2D eigenvalue weighted by Gasteiger charge is 2.19. The lowest BCUT2D eigenvalue weighted by Gasteiger charge is -2.31. The normalized spacial score (nSPS) is 17.0. The maximum Gasteiger partial charge on any atom is 0.126 e. The molecule has 0 radical (unpaired) electrons. The van der Waals surface area contributed by atoms with E-state index in [-0.39, 0.29) is 11.9 Å². The van der Waals surface area contributed by atoms with Crippen molar-refractivity contribution in [2.75, 3.05) is 26.7 Å². The molecule has 0 bridgehead atoms. The average Bonchev–Trinajstić information content (AvgIpc) is 2.42. The van der Waals surface area contributed by atoms with Crippen LogP contribution in [-0.2, 0) is 0 Å². The van der Waals surface area contributed by atoms with E-state index in [0.29, 0.717) is 0 Å². The fraction of sp³-hybridized carbons (Fsp3) is 0.667. The Morgan fingerprint density at radius 3 is 2.71 bits per heavy atom. The van der Waals surface area contributed by atoms with Crippen molar-refractivity contribution in [3.05, 3.63) is 35.1 Å². The van der Waals surface area contributed by atoms with Gasteiger partial charge in [0, 0.05) is 12.6 Å². The number of rotatable bonds is 8. The Balaban J connectivity index is 1.89. The molecule has 1 aliphatic carbocycles. The SMILES string of the molecule is CCNC(CCN(C)CC1CCC1)c1ccc(C)c(F)c1. The van der Waals surface area contributed by atoms with Gasteiger partial charge in [0.1, 0.15) is 5.82 Å². The van der Waals surface area contributed by atoms with Crippen LogP contribution >= 0.6 is 0 Å². The van der Waals surface area contributed by atoms with Crippen LogP contribution in [0.25, 0.3) is 0 Å². The van der Waals surface area contributed by atoms with Crippen molar-refractivity contribution in [1.29, 1.82) is 0 Å². The second kappa shape index (κ2) is 7.90. The van der Waals surface area contributed by atoms with Crippen LogP contribution in [0.1, 0.15) is 49.8 Å². The predicted octanol–water partition coefficient (Wildman–Crippen LogP) is 3.91. The van der Waals surface area contributed by atoms with Crippen LogP contribution in [-0.4, -0.2) is 31.6 Å². The molecule has 1 unspecified atom stereocenters. The minimum atomic E-state index is -0.0989. The molecule has 1 N–H and O–H groups in total. The quantitative estimate of drug-likeness (QED) is 0.781. The maximum atomic E-state index is 13.8. The van der Waals surface area contributed by atoms with Gasteiger partial charge in [0.15, 0.2) is 0 Å². The van der Waals surface area contributed by atoms with Crippen molar-refractivity contribution in [2.45, 2.75) is 45.6 Å². The van der Waals surface area contributed by atoms with Crippen molar-refractivity contribution in [3.63, 3.8) is 0 Å². The Labute approximate surface area is 128 Å². The third-order valence-electron chi connectivity index (χ3n) is 4.64. The molecule has 0 spiro atoms. The number of nitrogens with zero attached hydrogens (tertiary/aromatic N) is 1. The third-order valence-corrected chi connectivity index (χ3v) is 4.64. The molecule has 0 saturated heterocycles. The Bertz CT molecular complexity index is 443. The molecule has 2 nitrogen and oxygen atoms in total. The zero-order valence-electron chi connectivity index (χ0n) is 13.7. The number of benzene rings is 1. The van der Waals surface area contributed by atoms with Crippen molar-refractivity contribution in [3.8, 4) is 0 Å². The van der Waals surface area contributed by atoms with Crippen LogP contribution in [0.3, 0.4) is 0 Å². The number of nitrogens with one attached hydrogen (secondary N) is 1. The van der Waals surface area contributed by atoms with Gasteiger partial charge < -0.3 is 10.2 Å². The summed E-state index contributed by atoms with van der Waals surface area (Å²) in [5.41, 5.74) is 1.79. The van der Waals surface area contributed by atoms with Crippen LogP contribution in [0.5, 0.6) is 0 Å². The molecule has 1 aromatic carbocycles. The molecule has 118 valence electrons. The molecule has 0 aromatic heterocycles. The van der Waals surface area contributed by atoms with Gasteiger partial charge in [-0.2, -0.15) is 0 Å². The van der Waals surface area contributed by atoms with E-state index < -0.39 is 0 Å². The lowest BCUT2D eigenvalue weighted by molar-refractivity contribution is 0.199. The van der Waals surface area contributed by atoms with Crippen molar-refractivity contribution >= 4 is 0 Å². The second-order valence-electron chi connectivity index (χ2n) is 6.47. The highest BCUT2D eigenvalue weighted by Crippen LogP contribution is 2.27. The van der Waals surface area contributed by atoms with E-state index in [2.05, 4.69) is 30.3 Å². The lowest BCUT2D eigenvalue weighted by Crippen LogP contribution is -2.32. The first kappa shape index (κ1) is 16.4. The first-order valence-corrected chi connectivity index (χ1v) is 8.28. The summed E-state index contributed by atoms with van der Waals surface area (Å²) in [7, 11) is 2.21. The number of hydrogen-bond acceptors (Lipinski definition) is 2. The molecular formula is C18H29FN2.